The zero-order valence-electron chi connectivity index (χ0n) is 17.7. The highest BCUT2D eigenvalue weighted by Crippen LogP contribution is 2.62. The molecular weight excluding hydrogens is 447 g/mol. The third-order valence-electron chi connectivity index (χ3n) is 4.67. The molecule has 0 amide bonds. The van der Waals surface area contributed by atoms with Gasteiger partial charge in [-0.05, 0) is 48.9 Å². The third kappa shape index (κ3) is 5.55. The zero-order valence-corrected chi connectivity index (χ0v) is 19.4. The van der Waals surface area contributed by atoms with Crippen molar-refractivity contribution in [3.63, 3.8) is 0 Å². The molecule has 0 saturated carbocycles. The summed E-state index contributed by atoms with van der Waals surface area (Å²) in [5, 5.41) is 0. The van der Waals surface area contributed by atoms with Gasteiger partial charge in [-0.15, -0.1) is 0 Å². The highest BCUT2D eigenvalue weighted by molar-refractivity contribution is 7.90. The van der Waals surface area contributed by atoms with Crippen LogP contribution in [-0.2, 0) is 19.2 Å². The summed E-state index contributed by atoms with van der Waals surface area (Å²) in [7, 11) is -7.57. The number of rotatable bonds is 9. The highest BCUT2D eigenvalue weighted by atomic mass is 32.2. The van der Waals surface area contributed by atoms with Crippen LogP contribution in [0.25, 0.3) is 0 Å². The molecule has 1 unspecified atom stereocenters. The summed E-state index contributed by atoms with van der Waals surface area (Å²) in [6, 6.07) is 22.7. The molecule has 32 heavy (non-hydrogen) atoms. The molecule has 0 bridgehead atoms. The van der Waals surface area contributed by atoms with Crippen LogP contribution in [0.4, 0.5) is 0 Å². The van der Waals surface area contributed by atoms with E-state index in [9.17, 15) is 17.8 Å². The highest BCUT2D eigenvalue weighted by Gasteiger charge is 2.43. The van der Waals surface area contributed by atoms with E-state index in [1.165, 1.54) is 31.2 Å². The average Bonchev–Trinajstić information content (AvgIpc) is 2.74. The second-order valence-corrected chi connectivity index (χ2v) is 11.2. The van der Waals surface area contributed by atoms with E-state index >= 15 is 0 Å². The van der Waals surface area contributed by atoms with Gasteiger partial charge in [-0.1, -0.05) is 55.1 Å². The van der Waals surface area contributed by atoms with Crippen LogP contribution in [0.15, 0.2) is 102 Å². The van der Waals surface area contributed by atoms with E-state index < -0.39 is 28.9 Å². The van der Waals surface area contributed by atoms with Gasteiger partial charge >= 0.3 is 7.60 Å². The quantitative estimate of drug-likeness (QED) is 0.298. The number of Topliss-reactive ketones (excluding diaryl/α,β-unsaturated/α-hetero) is 1. The van der Waals surface area contributed by atoms with Crippen molar-refractivity contribution in [2.24, 2.45) is 0 Å². The predicted molar refractivity (Wildman–Crippen MR) is 124 cm³/mol. The fourth-order valence-corrected chi connectivity index (χ4v) is 5.86. The van der Waals surface area contributed by atoms with Crippen molar-refractivity contribution in [3.05, 3.63) is 103 Å². The Hall–Kier alpha value is -3.15. The van der Waals surface area contributed by atoms with E-state index in [1.807, 2.05) is 0 Å². The first-order valence-corrected chi connectivity index (χ1v) is 13.2. The van der Waals surface area contributed by atoms with Gasteiger partial charge in [0.1, 0.15) is 17.2 Å². The summed E-state index contributed by atoms with van der Waals surface area (Å²) < 4.78 is 49.8. The van der Waals surface area contributed by atoms with E-state index in [4.69, 9.17) is 9.05 Å². The van der Waals surface area contributed by atoms with Gasteiger partial charge in [-0.2, -0.15) is 0 Å². The smallest absolute Gasteiger partial charge is 0.415 e. The molecule has 0 aliphatic heterocycles. The number of benzene rings is 3. The monoisotopic (exact) mass is 470 g/mol. The molecule has 3 aromatic rings. The molecule has 0 spiro atoms. The maximum absolute atomic E-state index is 14.3. The van der Waals surface area contributed by atoms with Crippen molar-refractivity contribution in [1.29, 1.82) is 0 Å². The Kier molecular flexibility index (Phi) is 7.02. The molecule has 166 valence electrons. The molecule has 6 nitrogen and oxygen atoms in total. The number of ketones is 1. The van der Waals surface area contributed by atoms with Crippen LogP contribution < -0.4 is 9.05 Å². The number of allylic oxidation sites excluding steroid dienone is 1. The fourth-order valence-electron chi connectivity index (χ4n) is 3.05. The van der Waals surface area contributed by atoms with E-state index in [2.05, 4.69) is 6.58 Å². The lowest BCUT2D eigenvalue weighted by Gasteiger charge is -2.28. The van der Waals surface area contributed by atoms with Crippen molar-refractivity contribution in [3.8, 4) is 11.5 Å². The van der Waals surface area contributed by atoms with Gasteiger partial charge in [-0.3, -0.25) is 4.79 Å². The molecule has 0 saturated heterocycles. The number of hydrogen-bond donors (Lipinski definition) is 0. The molecule has 8 heteroatoms. The van der Waals surface area contributed by atoms with E-state index in [0.717, 1.165) is 6.26 Å². The SMILES string of the molecule is C=C(C(C)=O)C(c1ccc(S(C)(=O)=O)cc1)P(=O)(Oc1ccccc1)Oc1ccccc1. The molecule has 0 N–H and O–H groups in total. The lowest BCUT2D eigenvalue weighted by atomic mass is 10.0. The second-order valence-electron chi connectivity index (χ2n) is 7.17. The summed E-state index contributed by atoms with van der Waals surface area (Å²) in [5.41, 5.74) is -0.755. The van der Waals surface area contributed by atoms with Crippen molar-refractivity contribution in [2.75, 3.05) is 6.26 Å². The van der Waals surface area contributed by atoms with Crippen LogP contribution in [0.3, 0.4) is 0 Å². The van der Waals surface area contributed by atoms with Gasteiger partial charge < -0.3 is 9.05 Å². The molecule has 3 aromatic carbocycles. The van der Waals surface area contributed by atoms with Gasteiger partial charge in [0.2, 0.25) is 0 Å². The van der Waals surface area contributed by atoms with Crippen LogP contribution in [0.5, 0.6) is 11.5 Å². The van der Waals surface area contributed by atoms with Gasteiger partial charge in [0.25, 0.3) is 0 Å². The lowest BCUT2D eigenvalue weighted by Crippen LogP contribution is -2.16. The first-order valence-electron chi connectivity index (χ1n) is 9.69. The number of hydrogen-bond acceptors (Lipinski definition) is 6. The van der Waals surface area contributed by atoms with Crippen molar-refractivity contribution in [2.45, 2.75) is 17.5 Å². The summed E-state index contributed by atoms with van der Waals surface area (Å²) in [6.07, 6.45) is 1.09. The number of para-hydroxylation sites is 2. The molecule has 0 fully saturated rings. The van der Waals surface area contributed by atoms with Crippen LogP contribution in [0, 0.1) is 0 Å². The summed E-state index contributed by atoms with van der Waals surface area (Å²) >= 11 is 0. The molecule has 0 aliphatic rings. The first-order chi connectivity index (χ1) is 15.1. The van der Waals surface area contributed by atoms with E-state index in [0.29, 0.717) is 17.1 Å². The molecule has 0 radical (unpaired) electrons. The maximum Gasteiger partial charge on any atom is 0.442 e. The molecule has 1 atom stereocenters. The predicted octanol–water partition coefficient (Wildman–Crippen LogP) is 5.63. The number of carbonyl (C=O) groups is 1. The molecule has 3 rings (SSSR count). The van der Waals surface area contributed by atoms with Crippen molar-refractivity contribution in [1.82, 2.24) is 0 Å². The van der Waals surface area contributed by atoms with Crippen molar-refractivity contribution < 1.29 is 26.8 Å². The minimum Gasteiger partial charge on any atom is -0.415 e. The van der Waals surface area contributed by atoms with Gasteiger partial charge in [0.15, 0.2) is 15.6 Å². The Morgan fingerprint density at radius 2 is 1.28 bits per heavy atom. The molecule has 0 heterocycles. The molecular formula is C24H23O6PS. The largest absolute Gasteiger partial charge is 0.442 e. The van der Waals surface area contributed by atoms with E-state index in [1.54, 1.807) is 60.7 Å². The van der Waals surface area contributed by atoms with Crippen LogP contribution >= 0.6 is 7.60 Å². The summed E-state index contributed by atoms with van der Waals surface area (Å²) in [4.78, 5) is 12.4. The van der Waals surface area contributed by atoms with Crippen molar-refractivity contribution >= 4 is 23.2 Å². The average molecular weight is 470 g/mol. The molecule has 0 aliphatic carbocycles. The summed E-state index contributed by atoms with van der Waals surface area (Å²) in [5.74, 6) is 0.192. The Morgan fingerprint density at radius 1 is 0.844 bits per heavy atom. The fraction of sp³-hybridized carbons (Fsp3) is 0.125. The molecule has 0 aromatic heterocycles. The van der Waals surface area contributed by atoms with E-state index in [-0.39, 0.29) is 10.5 Å². The zero-order chi connectivity index (χ0) is 23.4. The third-order valence-corrected chi connectivity index (χ3v) is 7.98. The number of carbonyl (C=O) groups excluding carboxylic acids is 1. The van der Waals surface area contributed by atoms with Gasteiger partial charge in [0, 0.05) is 11.8 Å². The Labute approximate surface area is 188 Å². The summed E-state index contributed by atoms with van der Waals surface area (Å²) in [6.45, 7) is 5.17. The van der Waals surface area contributed by atoms with Crippen LogP contribution in [-0.4, -0.2) is 20.5 Å². The first kappa shape index (κ1) is 23.5. The maximum atomic E-state index is 14.3. The van der Waals surface area contributed by atoms with Gasteiger partial charge in [0.05, 0.1) is 4.90 Å². The Balaban J connectivity index is 2.15. The lowest BCUT2D eigenvalue weighted by molar-refractivity contribution is -0.113. The Bertz CT molecular complexity index is 1210. The minimum atomic E-state index is -4.13. The standard InChI is InChI=1S/C24H23O6PS/c1-18(19(2)25)24(20-14-16-23(17-15-20)32(3,27)28)31(26,29-21-10-6-4-7-11-21)30-22-12-8-5-9-13-22/h4-17,24H,1H2,2-3H3. The normalized spacial score (nSPS) is 12.6. The second kappa shape index (κ2) is 9.55. The van der Waals surface area contributed by atoms with Gasteiger partial charge in [-0.25, -0.2) is 13.0 Å². The minimum absolute atomic E-state index is 0.0206. The number of sulfone groups is 1. The topological polar surface area (TPSA) is 86.7 Å². The van der Waals surface area contributed by atoms with Crippen LogP contribution in [0.2, 0.25) is 0 Å². The Morgan fingerprint density at radius 3 is 1.66 bits per heavy atom. The van der Waals surface area contributed by atoms with Crippen LogP contribution in [0.1, 0.15) is 18.1 Å².